The van der Waals surface area contributed by atoms with Crippen molar-refractivity contribution in [2.24, 2.45) is 0 Å². The van der Waals surface area contributed by atoms with E-state index in [0.29, 0.717) is 19.7 Å². The first kappa shape index (κ1) is 18.4. The highest BCUT2D eigenvalue weighted by Gasteiger charge is 2.39. The Bertz CT molecular complexity index is 367. The summed E-state index contributed by atoms with van der Waals surface area (Å²) in [6.45, 7) is 4.06. The molecule has 9 heteroatoms. The van der Waals surface area contributed by atoms with Gasteiger partial charge in [-0.2, -0.15) is 0 Å². The highest BCUT2D eigenvalue weighted by molar-refractivity contribution is 6.68. The molecule has 0 spiro atoms. The van der Waals surface area contributed by atoms with E-state index in [1.165, 1.54) is 0 Å². The number of piperazine rings is 1. The van der Waals surface area contributed by atoms with Crippen LogP contribution in [0.15, 0.2) is 0 Å². The number of carbonyl (C=O) groups is 1. The van der Waals surface area contributed by atoms with Crippen LogP contribution in [0, 0.1) is 0 Å². The Morgan fingerprint density at radius 1 is 1.36 bits per heavy atom. The first-order valence-corrected chi connectivity index (χ1v) is 8.54. The maximum absolute atomic E-state index is 12.0. The van der Waals surface area contributed by atoms with Crippen molar-refractivity contribution in [1.82, 2.24) is 15.1 Å². The van der Waals surface area contributed by atoms with Crippen LogP contribution < -0.4 is 5.32 Å². The lowest BCUT2D eigenvalue weighted by Crippen LogP contribution is -2.60. The number of hydrogen-bond donors (Lipinski definition) is 1. The van der Waals surface area contributed by atoms with E-state index in [1.807, 2.05) is 11.9 Å². The van der Waals surface area contributed by atoms with E-state index in [0.717, 1.165) is 25.9 Å². The molecule has 0 saturated carbocycles. The molecule has 2 aliphatic rings. The number of alkyl halides is 3. The second kappa shape index (κ2) is 8.22. The minimum absolute atomic E-state index is 0.0272. The van der Waals surface area contributed by atoms with Crippen LogP contribution in [0.2, 0.25) is 0 Å². The van der Waals surface area contributed by atoms with E-state index in [9.17, 15) is 4.79 Å². The summed E-state index contributed by atoms with van der Waals surface area (Å²) in [7, 11) is 2.03. The monoisotopic (exact) mass is 373 g/mol. The molecule has 2 heterocycles. The van der Waals surface area contributed by atoms with E-state index in [-0.39, 0.29) is 12.7 Å². The molecule has 2 fully saturated rings. The van der Waals surface area contributed by atoms with E-state index in [1.54, 1.807) is 0 Å². The van der Waals surface area contributed by atoms with Crippen LogP contribution in [0.25, 0.3) is 0 Å². The fraction of sp³-hybridized carbons (Fsp3) is 0.923. The van der Waals surface area contributed by atoms with Gasteiger partial charge < -0.3 is 19.7 Å². The summed E-state index contributed by atoms with van der Waals surface area (Å²) < 4.78 is 8.95. The summed E-state index contributed by atoms with van der Waals surface area (Å²) >= 11 is 18.1. The number of alkyl carbamates (subject to hydrolysis) is 1. The van der Waals surface area contributed by atoms with Crippen molar-refractivity contribution in [2.75, 3.05) is 46.4 Å². The van der Waals surface area contributed by atoms with Gasteiger partial charge in [-0.1, -0.05) is 34.8 Å². The summed E-state index contributed by atoms with van der Waals surface area (Å²) in [4.78, 5) is 16.1. The summed E-state index contributed by atoms with van der Waals surface area (Å²) in [5.41, 5.74) is 0. The molecule has 1 N–H and O–H groups in total. The lowest BCUT2D eigenvalue weighted by molar-refractivity contribution is 0.0359. The van der Waals surface area contributed by atoms with Crippen molar-refractivity contribution >= 4 is 40.9 Å². The number of nitrogens with zero attached hydrogens (tertiary/aromatic N) is 2. The summed E-state index contributed by atoms with van der Waals surface area (Å²) in [6.07, 6.45) is 0.558. The van der Waals surface area contributed by atoms with Gasteiger partial charge in [0.2, 0.25) is 3.79 Å². The number of carbonyl (C=O) groups excluding carboxylic acids is 1. The third-order valence-corrected chi connectivity index (χ3v) is 4.51. The van der Waals surface area contributed by atoms with Gasteiger partial charge >= 0.3 is 6.09 Å². The molecule has 2 saturated heterocycles. The van der Waals surface area contributed by atoms with Gasteiger partial charge in [-0.3, -0.25) is 4.90 Å². The first-order valence-electron chi connectivity index (χ1n) is 7.40. The molecule has 0 aromatic rings. The molecule has 1 amide bonds. The number of amides is 1. The van der Waals surface area contributed by atoms with E-state index >= 15 is 0 Å². The van der Waals surface area contributed by atoms with Crippen molar-refractivity contribution in [2.45, 2.75) is 28.9 Å². The van der Waals surface area contributed by atoms with Gasteiger partial charge in [-0.05, 0) is 19.9 Å². The number of hydrogen-bond acceptors (Lipinski definition) is 5. The maximum Gasteiger partial charge on any atom is 0.408 e. The van der Waals surface area contributed by atoms with Gasteiger partial charge in [-0.15, -0.1) is 0 Å². The number of ether oxygens (including phenoxy) is 2. The van der Waals surface area contributed by atoms with Crippen LogP contribution in [-0.4, -0.2) is 78.4 Å². The fourth-order valence-corrected chi connectivity index (χ4v) is 3.14. The predicted octanol–water partition coefficient (Wildman–Crippen LogP) is 1.84. The Hall–Kier alpha value is 0.0200. The zero-order valence-corrected chi connectivity index (χ0v) is 14.8. The Balaban J connectivity index is 1.84. The average molecular weight is 375 g/mol. The van der Waals surface area contributed by atoms with Gasteiger partial charge in [-0.25, -0.2) is 4.79 Å². The zero-order chi connectivity index (χ0) is 16.2. The van der Waals surface area contributed by atoms with Gasteiger partial charge in [0.15, 0.2) is 0 Å². The second-order valence-electron chi connectivity index (χ2n) is 5.66. The molecule has 0 radical (unpaired) electrons. The van der Waals surface area contributed by atoms with Crippen LogP contribution in [0.4, 0.5) is 4.79 Å². The molecule has 22 heavy (non-hydrogen) atoms. The van der Waals surface area contributed by atoms with Crippen molar-refractivity contribution in [3.05, 3.63) is 0 Å². The first-order chi connectivity index (χ1) is 10.4. The van der Waals surface area contributed by atoms with Crippen LogP contribution in [0.3, 0.4) is 0 Å². The van der Waals surface area contributed by atoms with Crippen LogP contribution in [0.5, 0.6) is 0 Å². The largest absolute Gasteiger partial charge is 0.447 e. The van der Waals surface area contributed by atoms with Crippen molar-refractivity contribution in [3.8, 4) is 0 Å². The molecule has 0 aromatic carbocycles. The molecule has 0 bridgehead atoms. The van der Waals surface area contributed by atoms with Gasteiger partial charge in [0.05, 0.1) is 6.10 Å². The molecule has 2 rings (SSSR count). The molecular formula is C13H22Cl3N3O3. The smallest absolute Gasteiger partial charge is 0.408 e. The minimum atomic E-state index is -1.63. The Labute approximate surface area is 145 Å². The quantitative estimate of drug-likeness (QED) is 0.761. The van der Waals surface area contributed by atoms with Crippen LogP contribution >= 0.6 is 34.8 Å². The Morgan fingerprint density at radius 3 is 2.59 bits per heavy atom. The van der Waals surface area contributed by atoms with Crippen LogP contribution in [0.1, 0.15) is 12.8 Å². The van der Waals surface area contributed by atoms with Crippen molar-refractivity contribution in [3.63, 3.8) is 0 Å². The van der Waals surface area contributed by atoms with Crippen LogP contribution in [-0.2, 0) is 9.47 Å². The number of nitrogens with one attached hydrogen (secondary N) is 1. The van der Waals surface area contributed by atoms with Crippen molar-refractivity contribution in [1.29, 1.82) is 0 Å². The topological polar surface area (TPSA) is 54.0 Å². The highest BCUT2D eigenvalue weighted by atomic mass is 35.6. The Kier molecular flexibility index (Phi) is 6.86. The molecule has 0 unspecified atom stereocenters. The van der Waals surface area contributed by atoms with Gasteiger partial charge in [0.25, 0.3) is 0 Å². The number of halogens is 3. The summed E-state index contributed by atoms with van der Waals surface area (Å²) in [5, 5.41) is 2.66. The highest BCUT2D eigenvalue weighted by Crippen LogP contribution is 2.32. The lowest BCUT2D eigenvalue weighted by Gasteiger charge is -2.40. The molecule has 0 aliphatic carbocycles. The number of rotatable bonds is 4. The molecule has 2 atom stereocenters. The van der Waals surface area contributed by atoms with Crippen molar-refractivity contribution < 1.29 is 14.3 Å². The molecular weight excluding hydrogens is 353 g/mol. The standard InChI is InChI=1S/C13H22Cl3N3O3/c1-18-4-6-19(7-5-18)11(13(14,15)16)17-12(20)22-9-10-3-2-8-21-10/h10-11H,2-9H2,1H3,(H,17,20)/t10-,11-/m0/s1. The average Bonchev–Trinajstić information content (AvgIpc) is 2.96. The summed E-state index contributed by atoms with van der Waals surface area (Å²) in [6, 6.07) is 0. The predicted molar refractivity (Wildman–Crippen MR) is 86.6 cm³/mol. The molecule has 2 aliphatic heterocycles. The maximum atomic E-state index is 12.0. The second-order valence-corrected chi connectivity index (χ2v) is 8.03. The van der Waals surface area contributed by atoms with Gasteiger partial charge in [0, 0.05) is 32.8 Å². The van der Waals surface area contributed by atoms with E-state index < -0.39 is 16.1 Å². The Morgan fingerprint density at radius 2 is 2.05 bits per heavy atom. The van der Waals surface area contributed by atoms with E-state index in [2.05, 4.69) is 10.2 Å². The van der Waals surface area contributed by atoms with E-state index in [4.69, 9.17) is 44.3 Å². The fourth-order valence-electron chi connectivity index (χ4n) is 2.56. The zero-order valence-electron chi connectivity index (χ0n) is 12.6. The third-order valence-electron chi connectivity index (χ3n) is 3.89. The minimum Gasteiger partial charge on any atom is -0.447 e. The molecule has 128 valence electrons. The normalized spacial score (nSPS) is 25.9. The summed E-state index contributed by atoms with van der Waals surface area (Å²) in [5.74, 6) is 0. The third kappa shape index (κ3) is 5.58. The molecule has 0 aromatic heterocycles. The SMILES string of the molecule is CN1CCN([C@H](NC(=O)OC[C@@H]2CCCO2)C(Cl)(Cl)Cl)CC1. The number of likely N-dealkylation sites (N-methyl/N-ethyl adjacent to an activating group) is 1. The van der Waals surface area contributed by atoms with Gasteiger partial charge in [0.1, 0.15) is 12.8 Å². The lowest BCUT2D eigenvalue weighted by atomic mass is 10.2. The molecule has 6 nitrogen and oxygen atoms in total.